The van der Waals surface area contributed by atoms with E-state index in [2.05, 4.69) is 41.3 Å². The van der Waals surface area contributed by atoms with Crippen molar-refractivity contribution in [2.24, 2.45) is 4.99 Å². The van der Waals surface area contributed by atoms with Crippen LogP contribution in [-0.2, 0) is 0 Å². The Balaban J connectivity index is 1.69. The summed E-state index contributed by atoms with van der Waals surface area (Å²) in [6.07, 6.45) is 2.28. The Kier molecular flexibility index (Phi) is 8.54. The third-order valence-corrected chi connectivity index (χ3v) is 4.68. The van der Waals surface area contributed by atoms with Crippen LogP contribution in [0.5, 0.6) is 11.5 Å². The fourth-order valence-electron chi connectivity index (χ4n) is 3.04. The zero-order chi connectivity index (χ0) is 18.8. The molecule has 1 aliphatic rings. The lowest BCUT2D eigenvalue weighted by Gasteiger charge is -2.27. The van der Waals surface area contributed by atoms with E-state index in [4.69, 9.17) is 9.47 Å². The minimum Gasteiger partial charge on any atom is -0.486 e. The van der Waals surface area contributed by atoms with Crippen molar-refractivity contribution in [3.05, 3.63) is 24.3 Å². The Morgan fingerprint density at radius 1 is 1.27 bits per heavy atom. The van der Waals surface area contributed by atoms with Crippen molar-refractivity contribution in [2.75, 3.05) is 39.8 Å². The van der Waals surface area contributed by atoms with Crippen molar-refractivity contribution < 1.29 is 9.47 Å². The van der Waals surface area contributed by atoms with Gasteiger partial charge < -0.3 is 25.0 Å². The van der Waals surface area contributed by atoms with Gasteiger partial charge in [0.05, 0.1) is 6.54 Å². The van der Waals surface area contributed by atoms with E-state index in [1.54, 1.807) is 7.05 Å². The van der Waals surface area contributed by atoms with Crippen LogP contribution in [0.3, 0.4) is 0 Å². The minimum atomic E-state index is -0.0265. The van der Waals surface area contributed by atoms with E-state index in [9.17, 15) is 0 Å². The zero-order valence-corrected chi connectivity index (χ0v) is 16.6. The summed E-state index contributed by atoms with van der Waals surface area (Å²) in [7, 11) is 1.80. The molecule has 0 saturated heterocycles. The van der Waals surface area contributed by atoms with Crippen LogP contribution in [0.4, 0.5) is 0 Å². The molecule has 2 unspecified atom stereocenters. The zero-order valence-electron chi connectivity index (χ0n) is 16.6. The highest BCUT2D eigenvalue weighted by atomic mass is 16.6. The standard InChI is InChI=1S/C20H34N4O2/c1-5-24(6-2)13-9-10-16(3)23-20(21-4)22-14-17-15-25-18-11-7-8-12-19(18)26-17/h7-8,11-12,16-17H,5-6,9-10,13-15H2,1-4H3,(H2,21,22,23). The normalized spacial score (nSPS) is 17.9. The third kappa shape index (κ3) is 6.41. The lowest BCUT2D eigenvalue weighted by molar-refractivity contribution is 0.0936. The van der Waals surface area contributed by atoms with Gasteiger partial charge >= 0.3 is 0 Å². The van der Waals surface area contributed by atoms with Gasteiger partial charge in [-0.05, 0) is 51.5 Å². The fraction of sp³-hybridized carbons (Fsp3) is 0.650. The van der Waals surface area contributed by atoms with Crippen LogP contribution in [0.15, 0.2) is 29.3 Å². The molecule has 2 atom stereocenters. The summed E-state index contributed by atoms with van der Waals surface area (Å²) in [6.45, 7) is 11.2. The number of rotatable bonds is 9. The van der Waals surface area contributed by atoms with Crippen LogP contribution in [0.2, 0.25) is 0 Å². The molecule has 0 fully saturated rings. The summed E-state index contributed by atoms with van der Waals surface area (Å²) in [6, 6.07) is 8.15. The summed E-state index contributed by atoms with van der Waals surface area (Å²) in [4.78, 5) is 6.78. The molecule has 0 saturated carbocycles. The van der Waals surface area contributed by atoms with E-state index < -0.39 is 0 Å². The smallest absolute Gasteiger partial charge is 0.191 e. The van der Waals surface area contributed by atoms with Crippen LogP contribution in [0.1, 0.15) is 33.6 Å². The van der Waals surface area contributed by atoms with E-state index in [0.29, 0.717) is 19.2 Å². The van der Waals surface area contributed by atoms with E-state index in [0.717, 1.165) is 43.5 Å². The van der Waals surface area contributed by atoms with Crippen molar-refractivity contribution in [3.63, 3.8) is 0 Å². The number of aliphatic imine (C=N–C) groups is 1. The molecular weight excluding hydrogens is 328 g/mol. The van der Waals surface area contributed by atoms with E-state index in [1.165, 1.54) is 6.42 Å². The first-order valence-electron chi connectivity index (χ1n) is 9.74. The molecule has 26 heavy (non-hydrogen) atoms. The molecule has 6 nitrogen and oxygen atoms in total. The molecule has 0 aliphatic carbocycles. The average Bonchev–Trinajstić information content (AvgIpc) is 2.68. The van der Waals surface area contributed by atoms with Crippen molar-refractivity contribution in [1.82, 2.24) is 15.5 Å². The molecule has 146 valence electrons. The second kappa shape index (κ2) is 10.9. The molecule has 1 heterocycles. The van der Waals surface area contributed by atoms with E-state index in [-0.39, 0.29) is 6.10 Å². The molecule has 2 rings (SSSR count). The Morgan fingerprint density at radius 3 is 2.69 bits per heavy atom. The second-order valence-electron chi connectivity index (χ2n) is 6.67. The average molecular weight is 363 g/mol. The van der Waals surface area contributed by atoms with Crippen molar-refractivity contribution >= 4 is 5.96 Å². The number of nitrogens with zero attached hydrogens (tertiary/aromatic N) is 2. The van der Waals surface area contributed by atoms with Crippen LogP contribution in [-0.4, -0.2) is 62.8 Å². The van der Waals surface area contributed by atoms with Gasteiger partial charge in [0.25, 0.3) is 0 Å². The summed E-state index contributed by atoms with van der Waals surface area (Å²) in [5.41, 5.74) is 0. The SMILES string of the molecule is CCN(CC)CCCC(C)NC(=NC)NCC1COc2ccccc2O1. The predicted molar refractivity (Wildman–Crippen MR) is 107 cm³/mol. The van der Waals surface area contributed by atoms with Gasteiger partial charge in [-0.3, -0.25) is 4.99 Å². The molecule has 0 aromatic heterocycles. The maximum absolute atomic E-state index is 5.97. The number of fused-ring (bicyclic) bond motifs is 1. The first-order chi connectivity index (χ1) is 12.7. The highest BCUT2D eigenvalue weighted by Gasteiger charge is 2.20. The summed E-state index contributed by atoms with van der Waals surface area (Å²) >= 11 is 0. The van der Waals surface area contributed by atoms with E-state index >= 15 is 0 Å². The lowest BCUT2D eigenvalue weighted by atomic mass is 10.2. The number of hydrogen-bond donors (Lipinski definition) is 2. The molecule has 6 heteroatoms. The topological polar surface area (TPSA) is 58.1 Å². The van der Waals surface area contributed by atoms with Gasteiger partial charge in [0, 0.05) is 13.1 Å². The first kappa shape index (κ1) is 20.4. The number of hydrogen-bond acceptors (Lipinski definition) is 4. The molecule has 0 bridgehead atoms. The molecule has 0 amide bonds. The third-order valence-electron chi connectivity index (χ3n) is 4.68. The van der Waals surface area contributed by atoms with Crippen molar-refractivity contribution in [3.8, 4) is 11.5 Å². The van der Waals surface area contributed by atoms with Gasteiger partial charge in [0.1, 0.15) is 12.7 Å². The van der Waals surface area contributed by atoms with Gasteiger partial charge in [-0.25, -0.2) is 0 Å². The number of guanidine groups is 1. The van der Waals surface area contributed by atoms with Gasteiger partial charge in [0.15, 0.2) is 17.5 Å². The lowest BCUT2D eigenvalue weighted by Crippen LogP contribution is -2.47. The van der Waals surface area contributed by atoms with Gasteiger partial charge in [-0.2, -0.15) is 0 Å². The van der Waals surface area contributed by atoms with Crippen LogP contribution in [0, 0.1) is 0 Å². The highest BCUT2D eigenvalue weighted by Crippen LogP contribution is 2.30. The number of para-hydroxylation sites is 2. The van der Waals surface area contributed by atoms with Crippen LogP contribution >= 0.6 is 0 Å². The van der Waals surface area contributed by atoms with Crippen molar-refractivity contribution in [2.45, 2.75) is 45.8 Å². The largest absolute Gasteiger partial charge is 0.486 e. The Labute approximate surface area is 158 Å². The number of nitrogens with one attached hydrogen (secondary N) is 2. The molecule has 0 spiro atoms. The maximum Gasteiger partial charge on any atom is 0.191 e. The molecular formula is C20H34N4O2. The minimum absolute atomic E-state index is 0.0265. The van der Waals surface area contributed by atoms with Gasteiger partial charge in [-0.15, -0.1) is 0 Å². The van der Waals surface area contributed by atoms with Crippen LogP contribution in [0.25, 0.3) is 0 Å². The molecule has 1 aliphatic heterocycles. The second-order valence-corrected chi connectivity index (χ2v) is 6.67. The first-order valence-corrected chi connectivity index (χ1v) is 9.74. The molecule has 1 aromatic carbocycles. The van der Waals surface area contributed by atoms with Gasteiger partial charge in [0.2, 0.25) is 0 Å². The Morgan fingerprint density at radius 2 is 2.00 bits per heavy atom. The highest BCUT2D eigenvalue weighted by molar-refractivity contribution is 5.79. The molecule has 1 aromatic rings. The maximum atomic E-state index is 5.97. The summed E-state index contributed by atoms with van der Waals surface area (Å²) in [5, 5.41) is 6.80. The summed E-state index contributed by atoms with van der Waals surface area (Å²) in [5.74, 6) is 2.43. The monoisotopic (exact) mass is 362 g/mol. The summed E-state index contributed by atoms with van der Waals surface area (Å²) < 4.78 is 11.7. The molecule has 2 N–H and O–H groups in total. The quantitative estimate of drug-likeness (QED) is 0.522. The van der Waals surface area contributed by atoms with Crippen LogP contribution < -0.4 is 20.1 Å². The molecule has 0 radical (unpaired) electrons. The van der Waals surface area contributed by atoms with E-state index in [1.807, 2.05) is 24.3 Å². The Bertz CT molecular complexity index is 560. The van der Waals surface area contributed by atoms with Crippen molar-refractivity contribution in [1.29, 1.82) is 0 Å². The fourth-order valence-corrected chi connectivity index (χ4v) is 3.04. The van der Waals surface area contributed by atoms with Gasteiger partial charge in [-0.1, -0.05) is 26.0 Å². The number of benzene rings is 1. The number of ether oxygens (including phenoxy) is 2. The predicted octanol–water partition coefficient (Wildman–Crippen LogP) is 2.50. The Hall–Kier alpha value is -1.95.